The van der Waals surface area contributed by atoms with Crippen molar-refractivity contribution in [2.75, 3.05) is 13.2 Å². The van der Waals surface area contributed by atoms with E-state index in [9.17, 15) is 30.0 Å². The van der Waals surface area contributed by atoms with E-state index in [0.717, 1.165) is 38.5 Å². The number of amides is 1. The van der Waals surface area contributed by atoms with Gasteiger partial charge in [0.2, 0.25) is 0 Å². The van der Waals surface area contributed by atoms with Gasteiger partial charge in [0.1, 0.15) is 18.3 Å². The molecule has 0 fully saturated rings. The van der Waals surface area contributed by atoms with Crippen molar-refractivity contribution in [3.8, 4) is 0 Å². The summed E-state index contributed by atoms with van der Waals surface area (Å²) in [5.74, 6) is -1.61. The van der Waals surface area contributed by atoms with Gasteiger partial charge in [0.15, 0.2) is 6.10 Å². The minimum Gasteiger partial charge on any atom is -0.481 e. The Morgan fingerprint density at radius 1 is 0.688 bits per heavy atom. The number of rotatable bonds is 16. The fourth-order valence-electron chi connectivity index (χ4n) is 2.46. The summed E-state index contributed by atoms with van der Waals surface area (Å²) in [4.78, 5) is 22.0. The van der Waals surface area contributed by atoms with E-state index in [1.165, 1.54) is 0 Å². The summed E-state index contributed by atoms with van der Waals surface area (Å²) < 4.78 is 0. The molecule has 177 valence electrons. The molecule has 0 rings (SSSR count). The van der Waals surface area contributed by atoms with Gasteiger partial charge in [-0.25, -0.2) is 0 Å². The number of carboxylic acids is 1. The van der Waals surface area contributed by atoms with Crippen LogP contribution in [0.5, 0.6) is 0 Å². The summed E-state index contributed by atoms with van der Waals surface area (Å²) in [6.45, 7) is -0.480. The molecule has 0 unspecified atom stereocenters. The molecule has 0 bridgehead atoms. The van der Waals surface area contributed by atoms with Crippen molar-refractivity contribution in [3.05, 3.63) is 0 Å². The Balaban J connectivity index is -0.000000208. The van der Waals surface area contributed by atoms with E-state index in [1.807, 2.05) is 0 Å². The molecule has 32 heavy (non-hydrogen) atoms. The van der Waals surface area contributed by atoms with Crippen LogP contribution in [0.4, 0.5) is 0 Å². The second-order valence-electron chi connectivity index (χ2n) is 6.44. The van der Waals surface area contributed by atoms with Crippen molar-refractivity contribution >= 4 is 11.9 Å². The third-order valence-electron chi connectivity index (χ3n) is 4.14. The van der Waals surface area contributed by atoms with Crippen molar-refractivity contribution in [1.29, 1.82) is 0 Å². The molecule has 7 N–H and O–H groups in total. The molecule has 5 radical (unpaired) electrons. The van der Waals surface area contributed by atoms with Crippen LogP contribution in [0, 0.1) is 220 Å². The number of hydrogen-bond acceptors (Lipinski definition) is 7. The molecule has 0 aliphatic heterocycles. The van der Waals surface area contributed by atoms with E-state index in [-0.39, 0.29) is 234 Å². The van der Waals surface area contributed by atoms with Crippen molar-refractivity contribution in [3.63, 3.8) is 0 Å². The summed E-state index contributed by atoms with van der Waals surface area (Å²) in [6.07, 6.45) is 0.264. The Labute approximate surface area is 371 Å². The standard InChI is InChI=1S/C17H33NO8.CH4.5Ac/c19-11-12(20)14(23)15(24)16(25)17(26)18-10-8-6-4-2-1-3-5-7-9-13(21)22;;;;;;/h12,14-16,19-20,23-25H,1-11H2,(H,18,26)(H,21,22);1H4;;;;;/t12-,14-,15+,16-;;;;;;/m1....../s1. The molecule has 0 aliphatic rings. The molecular formula is C18H37Ac5NO8. The SMILES string of the molecule is C.O=C(O)CCCCCCCCCCNC(=O)[C@H](O)[C@@H](O)[C@H](O)[C@H](O)CO.[Ac].[Ac].[Ac].[Ac].[Ac]. The smallest absolute Gasteiger partial charge is 0.303 e. The molecular weight excluding hydrogens is 1490 g/mol. The molecule has 0 aliphatic carbocycles. The second-order valence-corrected chi connectivity index (χ2v) is 6.44. The van der Waals surface area contributed by atoms with E-state index < -0.39 is 42.9 Å². The van der Waals surface area contributed by atoms with E-state index in [2.05, 4.69) is 5.32 Å². The molecule has 0 heterocycles. The van der Waals surface area contributed by atoms with Crippen LogP contribution in [0.15, 0.2) is 0 Å². The molecule has 0 aromatic heterocycles. The molecule has 1 amide bonds. The van der Waals surface area contributed by atoms with Crippen LogP contribution in [0.1, 0.15) is 65.2 Å². The Kier molecular flexibility index (Phi) is 62.5. The zero-order chi connectivity index (χ0) is 19.9. The van der Waals surface area contributed by atoms with Crippen LogP contribution in [0.3, 0.4) is 0 Å². The fourth-order valence-corrected chi connectivity index (χ4v) is 2.46. The second kappa shape index (κ2) is 36.9. The summed E-state index contributed by atoms with van der Waals surface area (Å²) in [5, 5.41) is 57.5. The predicted octanol–water partition coefficient (Wildman–Crippen LogP) is -0.230. The number of hydrogen-bond donors (Lipinski definition) is 7. The van der Waals surface area contributed by atoms with E-state index >= 15 is 0 Å². The van der Waals surface area contributed by atoms with Gasteiger partial charge in [0.25, 0.3) is 5.91 Å². The maximum Gasteiger partial charge on any atom is 0.303 e. The van der Waals surface area contributed by atoms with Crippen molar-refractivity contribution in [2.24, 2.45) is 0 Å². The Hall–Kier alpha value is 5.95. The van der Waals surface area contributed by atoms with Crippen LogP contribution in [0.25, 0.3) is 0 Å². The topological polar surface area (TPSA) is 168 Å². The molecule has 9 nitrogen and oxygen atoms in total. The third-order valence-corrected chi connectivity index (χ3v) is 4.14. The normalized spacial score (nSPS) is 12.9. The number of nitrogens with one attached hydrogen (secondary N) is 1. The van der Waals surface area contributed by atoms with E-state index in [4.69, 9.17) is 10.2 Å². The minimum atomic E-state index is -1.89. The van der Waals surface area contributed by atoms with Gasteiger partial charge in [0.05, 0.1) is 6.61 Å². The number of carboxylic acid groups (broad SMARTS) is 1. The van der Waals surface area contributed by atoms with Crippen LogP contribution in [-0.2, 0) is 9.59 Å². The first-order chi connectivity index (χ1) is 12.3. The van der Waals surface area contributed by atoms with Gasteiger partial charge in [-0.2, -0.15) is 0 Å². The van der Waals surface area contributed by atoms with Crippen molar-refractivity contribution < 1.29 is 261 Å². The van der Waals surface area contributed by atoms with Crippen LogP contribution in [0.2, 0.25) is 0 Å². The van der Waals surface area contributed by atoms with Gasteiger partial charge in [-0.3, -0.25) is 9.59 Å². The molecule has 14 heteroatoms. The van der Waals surface area contributed by atoms with Gasteiger partial charge < -0.3 is 36.0 Å². The molecule has 0 aromatic rings. The van der Waals surface area contributed by atoms with Crippen molar-refractivity contribution in [1.82, 2.24) is 5.32 Å². The first-order valence-corrected chi connectivity index (χ1v) is 9.13. The Bertz CT molecular complexity index is 414. The zero-order valence-corrected chi connectivity index (χ0v) is 41.7. The monoisotopic (exact) mass is 1530 g/mol. The summed E-state index contributed by atoms with van der Waals surface area (Å²) in [6, 6.07) is 0. The molecule has 0 spiro atoms. The fraction of sp³-hybridized carbons (Fsp3) is 0.889. The van der Waals surface area contributed by atoms with E-state index in [1.54, 1.807) is 0 Å². The summed E-state index contributed by atoms with van der Waals surface area (Å²) in [7, 11) is 0. The van der Waals surface area contributed by atoms with E-state index in [0.29, 0.717) is 19.4 Å². The van der Waals surface area contributed by atoms with Gasteiger partial charge in [-0.1, -0.05) is 46.0 Å². The van der Waals surface area contributed by atoms with Gasteiger partial charge >= 0.3 is 5.97 Å². The maximum atomic E-state index is 11.7. The molecule has 0 saturated heterocycles. The first kappa shape index (κ1) is 54.1. The zero-order valence-electron chi connectivity index (χ0n) is 18.0. The summed E-state index contributed by atoms with van der Waals surface area (Å²) in [5.41, 5.74) is 0. The van der Waals surface area contributed by atoms with Gasteiger partial charge in [0, 0.05) is 233 Å². The maximum absolute atomic E-state index is 11.7. The van der Waals surface area contributed by atoms with Crippen LogP contribution < -0.4 is 5.32 Å². The number of carbonyl (C=O) groups excluding carboxylic acids is 1. The largest absolute Gasteiger partial charge is 0.481 e. The quantitative estimate of drug-likeness (QED) is 0.104. The van der Waals surface area contributed by atoms with Gasteiger partial charge in [-0.15, -0.1) is 0 Å². The predicted molar refractivity (Wildman–Crippen MR) is 100 cm³/mol. The van der Waals surface area contributed by atoms with Crippen LogP contribution >= 0.6 is 0 Å². The molecule has 0 aromatic carbocycles. The van der Waals surface area contributed by atoms with Gasteiger partial charge in [-0.05, 0) is 12.8 Å². The third kappa shape index (κ3) is 30.5. The first-order valence-electron chi connectivity index (χ1n) is 9.13. The van der Waals surface area contributed by atoms with Crippen LogP contribution in [-0.4, -0.2) is 80.1 Å². The number of aliphatic hydroxyl groups is 5. The molecule has 4 atom stereocenters. The number of carbonyl (C=O) groups is 2. The number of unbranched alkanes of at least 4 members (excludes halogenated alkanes) is 7. The average molecular weight is 1530 g/mol. The average Bonchev–Trinajstić information content (AvgIpc) is 2.62. The van der Waals surface area contributed by atoms with Crippen molar-refractivity contribution in [2.45, 2.75) is 89.6 Å². The summed E-state index contributed by atoms with van der Waals surface area (Å²) >= 11 is 0. The Morgan fingerprint density at radius 2 is 1.09 bits per heavy atom. The molecule has 0 saturated carbocycles. The number of aliphatic hydroxyl groups excluding tert-OH is 5. The Morgan fingerprint density at radius 3 is 1.50 bits per heavy atom. The minimum absolute atomic E-state index is 0. The number of aliphatic carboxylic acids is 1.